The summed E-state index contributed by atoms with van der Waals surface area (Å²) in [4.78, 5) is 61.8. The summed E-state index contributed by atoms with van der Waals surface area (Å²) >= 11 is 0. The van der Waals surface area contributed by atoms with Crippen molar-refractivity contribution in [1.82, 2.24) is 0 Å². The third-order valence-electron chi connectivity index (χ3n) is 5.99. The maximum Gasteiger partial charge on any atom is 0.193 e. The topological polar surface area (TPSA) is 85.3 Å². The molecule has 0 unspecified atom stereocenters. The Labute approximate surface area is 189 Å². The lowest BCUT2D eigenvalue weighted by Gasteiger charge is -2.22. The molecule has 0 saturated carbocycles. The van der Waals surface area contributed by atoms with E-state index >= 15 is 0 Å². The second-order valence-corrected chi connectivity index (χ2v) is 8.96. The fourth-order valence-electron chi connectivity index (χ4n) is 3.43. The van der Waals surface area contributed by atoms with Gasteiger partial charge in [0.05, 0.1) is 0 Å². The molecule has 0 spiro atoms. The average Bonchev–Trinajstić information content (AvgIpc) is 2.75. The van der Waals surface area contributed by atoms with Crippen LogP contribution in [0.3, 0.4) is 0 Å². The second-order valence-electron chi connectivity index (χ2n) is 8.96. The van der Waals surface area contributed by atoms with E-state index in [1.807, 2.05) is 0 Å². The van der Waals surface area contributed by atoms with E-state index in [2.05, 4.69) is 20.8 Å². The monoisotopic (exact) mass is 434 g/mol. The zero-order valence-corrected chi connectivity index (χ0v) is 19.6. The van der Waals surface area contributed by atoms with Crippen LogP contribution in [-0.4, -0.2) is 28.9 Å². The van der Waals surface area contributed by atoms with Crippen molar-refractivity contribution in [2.24, 2.45) is 5.41 Å². The molecule has 0 aliphatic carbocycles. The van der Waals surface area contributed by atoms with Crippen LogP contribution in [-0.2, 0) is 0 Å². The van der Waals surface area contributed by atoms with Crippen molar-refractivity contribution in [2.45, 2.75) is 60.8 Å². The van der Waals surface area contributed by atoms with Gasteiger partial charge in [0, 0.05) is 39.8 Å². The molecule has 2 rings (SSSR count). The number of hydrogen-bond donors (Lipinski definition) is 0. The number of carbonyl (C=O) groups excluding carboxylic acids is 5. The van der Waals surface area contributed by atoms with Crippen molar-refractivity contribution in [3.63, 3.8) is 0 Å². The first-order chi connectivity index (χ1) is 14.9. The smallest absolute Gasteiger partial charge is 0.193 e. The summed E-state index contributed by atoms with van der Waals surface area (Å²) in [6.45, 7) is 10.3. The van der Waals surface area contributed by atoms with E-state index < -0.39 is 5.78 Å². The van der Waals surface area contributed by atoms with E-state index in [4.69, 9.17) is 0 Å². The van der Waals surface area contributed by atoms with Gasteiger partial charge in [-0.2, -0.15) is 0 Å². The predicted octanol–water partition coefficient (Wildman–Crippen LogP) is 5.92. The first kappa shape index (κ1) is 25.1. The van der Waals surface area contributed by atoms with Gasteiger partial charge in [-0.1, -0.05) is 39.3 Å². The Hall–Kier alpha value is -3.21. The molecule has 168 valence electrons. The highest BCUT2D eigenvalue weighted by Crippen LogP contribution is 2.28. The van der Waals surface area contributed by atoms with Crippen molar-refractivity contribution < 1.29 is 24.0 Å². The molecule has 0 heterocycles. The number of rotatable bonds is 10. The molecule has 0 aliphatic heterocycles. The average molecular weight is 435 g/mol. The Morgan fingerprint density at radius 2 is 1.12 bits per heavy atom. The molecule has 0 N–H and O–H groups in total. The first-order valence-electron chi connectivity index (χ1n) is 10.8. The molecule has 2 aromatic rings. The molecule has 0 amide bonds. The summed E-state index contributed by atoms with van der Waals surface area (Å²) in [6, 6.07) is 8.85. The molecule has 0 saturated heterocycles. The molecule has 0 radical (unpaired) electrons. The highest BCUT2D eigenvalue weighted by molar-refractivity contribution is 6.15. The summed E-state index contributed by atoms with van der Waals surface area (Å²) in [7, 11) is 0. The Kier molecular flexibility index (Phi) is 7.78. The lowest BCUT2D eigenvalue weighted by molar-refractivity contribution is 0.0945. The van der Waals surface area contributed by atoms with Crippen molar-refractivity contribution in [1.29, 1.82) is 0 Å². The van der Waals surface area contributed by atoms with Crippen LogP contribution in [0.5, 0.6) is 0 Å². The van der Waals surface area contributed by atoms with Gasteiger partial charge in [0.15, 0.2) is 28.9 Å². The lowest BCUT2D eigenvalue weighted by atomic mass is 9.83. The normalized spacial score (nSPS) is 11.2. The summed E-state index contributed by atoms with van der Waals surface area (Å²) in [5.74, 6) is -1.39. The quantitative estimate of drug-likeness (QED) is 0.433. The molecule has 0 fully saturated rings. The fourth-order valence-corrected chi connectivity index (χ4v) is 3.43. The molecule has 2 aromatic carbocycles. The standard InChI is InChI=1S/C27H30O5/c1-7-27(5,6)13-12-25(31)22-11-9-20(15-24(22)18(4)30)26(32)19-8-10-21(16(2)28)23(14-19)17(3)29/h8-11,14-15H,7,12-13H2,1-6H3. The van der Waals surface area contributed by atoms with Crippen LogP contribution < -0.4 is 0 Å². The van der Waals surface area contributed by atoms with Gasteiger partial charge in [-0.3, -0.25) is 24.0 Å². The maximum atomic E-state index is 13.1. The van der Waals surface area contributed by atoms with E-state index in [0.29, 0.717) is 18.4 Å². The second kappa shape index (κ2) is 9.94. The van der Waals surface area contributed by atoms with Crippen LogP contribution in [0, 0.1) is 5.41 Å². The Balaban J connectivity index is 2.42. The number of ketones is 5. The van der Waals surface area contributed by atoms with Crippen molar-refractivity contribution in [3.05, 3.63) is 69.8 Å². The minimum Gasteiger partial charge on any atom is -0.294 e. The van der Waals surface area contributed by atoms with Gasteiger partial charge in [0.1, 0.15) is 0 Å². The van der Waals surface area contributed by atoms with Gasteiger partial charge in [0.25, 0.3) is 0 Å². The molecule has 0 aromatic heterocycles. The third kappa shape index (κ3) is 5.72. The van der Waals surface area contributed by atoms with Crippen LogP contribution in [0.15, 0.2) is 36.4 Å². The molecule has 0 atom stereocenters. The largest absolute Gasteiger partial charge is 0.294 e. The van der Waals surface area contributed by atoms with Gasteiger partial charge >= 0.3 is 0 Å². The van der Waals surface area contributed by atoms with Crippen LogP contribution in [0.25, 0.3) is 0 Å². The Morgan fingerprint density at radius 1 is 0.688 bits per heavy atom. The van der Waals surface area contributed by atoms with E-state index in [0.717, 1.165) is 6.42 Å². The molecule has 32 heavy (non-hydrogen) atoms. The number of benzene rings is 2. The van der Waals surface area contributed by atoms with Crippen molar-refractivity contribution >= 4 is 28.9 Å². The van der Waals surface area contributed by atoms with Gasteiger partial charge in [-0.15, -0.1) is 0 Å². The highest BCUT2D eigenvalue weighted by Gasteiger charge is 2.22. The molecule has 0 bridgehead atoms. The fraction of sp³-hybridized carbons (Fsp3) is 0.370. The summed E-state index contributed by atoms with van der Waals surface area (Å²) < 4.78 is 0. The molecule has 0 aliphatic rings. The van der Waals surface area contributed by atoms with Gasteiger partial charge < -0.3 is 0 Å². The zero-order chi connectivity index (χ0) is 24.2. The van der Waals surface area contributed by atoms with Gasteiger partial charge in [-0.25, -0.2) is 0 Å². The third-order valence-corrected chi connectivity index (χ3v) is 5.99. The van der Waals surface area contributed by atoms with Crippen LogP contribution >= 0.6 is 0 Å². The number of Topliss-reactive ketones (excluding diaryl/α,β-unsaturated/α-hetero) is 4. The summed E-state index contributed by atoms with van der Waals surface area (Å²) in [5, 5.41) is 0. The molecular weight excluding hydrogens is 404 g/mol. The Bertz CT molecular complexity index is 1110. The highest BCUT2D eigenvalue weighted by atomic mass is 16.1. The van der Waals surface area contributed by atoms with Crippen LogP contribution in [0.1, 0.15) is 118 Å². The predicted molar refractivity (Wildman–Crippen MR) is 124 cm³/mol. The Morgan fingerprint density at radius 3 is 1.56 bits per heavy atom. The molecule has 5 nitrogen and oxygen atoms in total. The minimum atomic E-state index is -0.392. The van der Waals surface area contributed by atoms with E-state index in [-0.39, 0.29) is 56.4 Å². The van der Waals surface area contributed by atoms with Gasteiger partial charge in [0.2, 0.25) is 0 Å². The first-order valence-corrected chi connectivity index (χ1v) is 10.8. The summed E-state index contributed by atoms with van der Waals surface area (Å²) in [6.07, 6.45) is 1.97. The molecular formula is C27H30O5. The summed E-state index contributed by atoms with van der Waals surface area (Å²) in [5.41, 5.74) is 1.47. The zero-order valence-electron chi connectivity index (χ0n) is 19.6. The van der Waals surface area contributed by atoms with Crippen molar-refractivity contribution in [2.75, 3.05) is 0 Å². The molecule has 5 heteroatoms. The lowest BCUT2D eigenvalue weighted by Crippen LogP contribution is -2.15. The van der Waals surface area contributed by atoms with Crippen LogP contribution in [0.2, 0.25) is 0 Å². The van der Waals surface area contributed by atoms with Crippen LogP contribution in [0.4, 0.5) is 0 Å². The van der Waals surface area contributed by atoms with Crippen molar-refractivity contribution in [3.8, 4) is 0 Å². The SMILES string of the molecule is CCC(C)(C)CCC(=O)c1ccc(C(=O)c2ccc(C(C)=O)c(C(C)=O)c2)cc1C(C)=O. The van der Waals surface area contributed by atoms with Gasteiger partial charge in [-0.05, 0) is 56.9 Å². The van der Waals surface area contributed by atoms with E-state index in [1.165, 1.54) is 57.2 Å². The maximum absolute atomic E-state index is 13.1. The number of hydrogen-bond acceptors (Lipinski definition) is 5. The minimum absolute atomic E-state index is 0.0302. The van der Waals surface area contributed by atoms with E-state index in [1.54, 1.807) is 0 Å². The number of carbonyl (C=O) groups is 5. The van der Waals surface area contributed by atoms with E-state index in [9.17, 15) is 24.0 Å².